The molecule has 3 N–H and O–H groups in total. The molecule has 0 fully saturated rings. The monoisotopic (exact) mass is 307 g/mol. The summed E-state index contributed by atoms with van der Waals surface area (Å²) < 4.78 is 32.3. The molecule has 112 valence electrons. The van der Waals surface area contributed by atoms with Gasteiger partial charge in [0.15, 0.2) is 0 Å². The zero-order valence-corrected chi connectivity index (χ0v) is 12.4. The van der Waals surface area contributed by atoms with Crippen LogP contribution in [0.15, 0.2) is 47.5 Å². The van der Waals surface area contributed by atoms with E-state index in [1.54, 1.807) is 24.3 Å². The summed E-state index contributed by atoms with van der Waals surface area (Å²) in [6.45, 7) is 2.59. The van der Waals surface area contributed by atoms with Crippen LogP contribution in [0.1, 0.15) is 12.5 Å². The predicted molar refractivity (Wildman–Crippen MR) is 80.5 cm³/mol. The SMILES string of the molecule is CCOc1ccc(S(=O)(=O)Nc2ncccc2CN)cc1. The molecule has 2 aromatic rings. The summed E-state index contributed by atoms with van der Waals surface area (Å²) in [5, 5.41) is 0. The minimum atomic E-state index is -3.70. The number of sulfonamides is 1. The maximum atomic E-state index is 12.3. The lowest BCUT2D eigenvalue weighted by Crippen LogP contribution is -2.16. The number of aromatic nitrogens is 1. The molecule has 0 radical (unpaired) electrons. The highest BCUT2D eigenvalue weighted by molar-refractivity contribution is 7.92. The summed E-state index contributed by atoms with van der Waals surface area (Å²) in [5.41, 5.74) is 6.20. The Hall–Kier alpha value is -2.12. The molecule has 0 aliphatic carbocycles. The first kappa shape index (κ1) is 15.3. The van der Waals surface area contributed by atoms with E-state index >= 15 is 0 Å². The molecular weight excluding hydrogens is 290 g/mol. The van der Waals surface area contributed by atoms with Crippen LogP contribution in [0, 0.1) is 0 Å². The Morgan fingerprint density at radius 3 is 2.57 bits per heavy atom. The molecule has 7 heteroatoms. The van der Waals surface area contributed by atoms with Crippen molar-refractivity contribution in [3.05, 3.63) is 48.2 Å². The highest BCUT2D eigenvalue weighted by Crippen LogP contribution is 2.20. The average molecular weight is 307 g/mol. The third-order valence-corrected chi connectivity index (χ3v) is 4.14. The van der Waals surface area contributed by atoms with Gasteiger partial charge in [0.2, 0.25) is 0 Å². The Balaban J connectivity index is 2.25. The zero-order valence-electron chi connectivity index (χ0n) is 11.6. The number of hydrogen-bond acceptors (Lipinski definition) is 5. The van der Waals surface area contributed by atoms with Crippen LogP contribution in [0.4, 0.5) is 5.82 Å². The number of benzene rings is 1. The highest BCUT2D eigenvalue weighted by atomic mass is 32.2. The van der Waals surface area contributed by atoms with Gasteiger partial charge in [-0.1, -0.05) is 6.07 Å². The van der Waals surface area contributed by atoms with Crippen LogP contribution in [0.2, 0.25) is 0 Å². The average Bonchev–Trinajstić information content (AvgIpc) is 2.48. The van der Waals surface area contributed by atoms with Gasteiger partial charge in [-0.15, -0.1) is 0 Å². The van der Waals surface area contributed by atoms with E-state index in [0.29, 0.717) is 17.9 Å². The first-order valence-corrected chi connectivity index (χ1v) is 7.94. The zero-order chi connectivity index (χ0) is 15.3. The van der Waals surface area contributed by atoms with Crippen molar-refractivity contribution < 1.29 is 13.2 Å². The van der Waals surface area contributed by atoms with E-state index in [2.05, 4.69) is 9.71 Å². The van der Waals surface area contributed by atoms with E-state index in [9.17, 15) is 8.42 Å². The van der Waals surface area contributed by atoms with Crippen molar-refractivity contribution in [2.24, 2.45) is 5.73 Å². The van der Waals surface area contributed by atoms with Crippen molar-refractivity contribution in [1.82, 2.24) is 4.98 Å². The normalized spacial score (nSPS) is 11.1. The van der Waals surface area contributed by atoms with Crippen LogP contribution in [-0.4, -0.2) is 20.0 Å². The molecule has 1 heterocycles. The van der Waals surface area contributed by atoms with Crippen LogP contribution >= 0.6 is 0 Å². The van der Waals surface area contributed by atoms with Crippen molar-refractivity contribution in [2.45, 2.75) is 18.4 Å². The second-order valence-corrected chi connectivity index (χ2v) is 5.91. The van der Waals surface area contributed by atoms with E-state index in [-0.39, 0.29) is 17.3 Å². The predicted octanol–water partition coefficient (Wildman–Crippen LogP) is 1.74. The van der Waals surface area contributed by atoms with E-state index in [4.69, 9.17) is 10.5 Å². The molecule has 1 aromatic carbocycles. The Labute approximate surface area is 124 Å². The van der Waals surface area contributed by atoms with Gasteiger partial charge in [0.25, 0.3) is 10.0 Å². The molecule has 1 aromatic heterocycles. The highest BCUT2D eigenvalue weighted by Gasteiger charge is 2.16. The van der Waals surface area contributed by atoms with E-state index in [0.717, 1.165) is 0 Å². The summed E-state index contributed by atoms with van der Waals surface area (Å²) >= 11 is 0. The van der Waals surface area contributed by atoms with Gasteiger partial charge in [-0.3, -0.25) is 4.72 Å². The minimum Gasteiger partial charge on any atom is -0.494 e. The van der Waals surface area contributed by atoms with Crippen LogP contribution in [0.5, 0.6) is 5.75 Å². The molecule has 0 spiro atoms. The van der Waals surface area contributed by atoms with E-state index in [1.807, 2.05) is 6.92 Å². The largest absolute Gasteiger partial charge is 0.494 e. The van der Waals surface area contributed by atoms with Gasteiger partial charge in [-0.25, -0.2) is 13.4 Å². The number of rotatable bonds is 6. The van der Waals surface area contributed by atoms with E-state index < -0.39 is 10.0 Å². The lowest BCUT2D eigenvalue weighted by atomic mass is 10.3. The molecule has 0 amide bonds. The number of hydrogen-bond donors (Lipinski definition) is 2. The van der Waals surface area contributed by atoms with Crippen molar-refractivity contribution >= 4 is 15.8 Å². The van der Waals surface area contributed by atoms with Crippen LogP contribution in [0.25, 0.3) is 0 Å². The van der Waals surface area contributed by atoms with Crippen molar-refractivity contribution in [3.63, 3.8) is 0 Å². The quantitative estimate of drug-likeness (QED) is 0.847. The van der Waals surface area contributed by atoms with Gasteiger partial charge in [0.05, 0.1) is 11.5 Å². The number of pyridine rings is 1. The van der Waals surface area contributed by atoms with Gasteiger partial charge in [-0.2, -0.15) is 0 Å². The summed E-state index contributed by atoms with van der Waals surface area (Å²) in [5.74, 6) is 0.866. The molecule has 0 unspecified atom stereocenters. The standard InChI is InChI=1S/C14H17N3O3S/c1-2-20-12-5-7-13(8-6-12)21(18,19)17-14-11(10-15)4-3-9-16-14/h3-9H,2,10,15H2,1H3,(H,16,17). The summed E-state index contributed by atoms with van der Waals surface area (Å²) in [7, 11) is -3.70. The fourth-order valence-corrected chi connectivity index (χ4v) is 2.81. The summed E-state index contributed by atoms with van der Waals surface area (Å²) in [6, 6.07) is 9.62. The fourth-order valence-electron chi connectivity index (χ4n) is 1.76. The van der Waals surface area contributed by atoms with Crippen LogP contribution in [0.3, 0.4) is 0 Å². The van der Waals surface area contributed by atoms with Crippen molar-refractivity contribution in [3.8, 4) is 5.75 Å². The molecule has 0 bridgehead atoms. The fraction of sp³-hybridized carbons (Fsp3) is 0.214. The van der Waals surface area contributed by atoms with Crippen LogP contribution < -0.4 is 15.2 Å². The maximum Gasteiger partial charge on any atom is 0.263 e. The van der Waals surface area contributed by atoms with Crippen molar-refractivity contribution in [1.29, 1.82) is 0 Å². The Morgan fingerprint density at radius 1 is 1.24 bits per heavy atom. The van der Waals surface area contributed by atoms with E-state index in [1.165, 1.54) is 18.3 Å². The lowest BCUT2D eigenvalue weighted by Gasteiger charge is -2.11. The third-order valence-electron chi connectivity index (χ3n) is 2.79. The smallest absolute Gasteiger partial charge is 0.263 e. The summed E-state index contributed by atoms with van der Waals surface area (Å²) in [4.78, 5) is 4.15. The van der Waals surface area contributed by atoms with Crippen LogP contribution in [-0.2, 0) is 16.6 Å². The van der Waals surface area contributed by atoms with Gasteiger partial charge < -0.3 is 10.5 Å². The topological polar surface area (TPSA) is 94.3 Å². The number of nitrogens with one attached hydrogen (secondary N) is 1. The van der Waals surface area contributed by atoms with Gasteiger partial charge in [0.1, 0.15) is 11.6 Å². The number of ether oxygens (including phenoxy) is 1. The summed E-state index contributed by atoms with van der Waals surface area (Å²) in [6.07, 6.45) is 1.51. The van der Waals surface area contributed by atoms with Crippen molar-refractivity contribution in [2.75, 3.05) is 11.3 Å². The molecule has 21 heavy (non-hydrogen) atoms. The molecule has 0 atom stereocenters. The molecule has 0 aliphatic rings. The Morgan fingerprint density at radius 2 is 1.95 bits per heavy atom. The molecule has 0 saturated carbocycles. The molecule has 6 nitrogen and oxygen atoms in total. The first-order chi connectivity index (χ1) is 10.1. The van der Waals surface area contributed by atoms with Gasteiger partial charge in [-0.05, 0) is 37.3 Å². The number of nitrogens with zero attached hydrogens (tertiary/aromatic N) is 1. The molecular formula is C14H17N3O3S. The second kappa shape index (κ2) is 6.55. The minimum absolute atomic E-state index is 0.138. The number of anilines is 1. The number of nitrogens with two attached hydrogens (primary N) is 1. The van der Waals surface area contributed by atoms with Gasteiger partial charge >= 0.3 is 0 Å². The maximum absolute atomic E-state index is 12.3. The first-order valence-electron chi connectivity index (χ1n) is 6.46. The van der Waals surface area contributed by atoms with Gasteiger partial charge in [0, 0.05) is 18.3 Å². The Kier molecular flexibility index (Phi) is 4.77. The third kappa shape index (κ3) is 3.71. The molecule has 0 saturated heterocycles. The molecule has 0 aliphatic heterocycles. The lowest BCUT2D eigenvalue weighted by molar-refractivity contribution is 0.340. The second-order valence-electron chi connectivity index (χ2n) is 4.23. The Bertz CT molecular complexity index is 700. The molecule has 2 rings (SSSR count).